The van der Waals surface area contributed by atoms with E-state index in [4.69, 9.17) is 9.47 Å². The van der Waals surface area contributed by atoms with Crippen molar-refractivity contribution in [3.63, 3.8) is 0 Å². The molecule has 8 heteroatoms. The van der Waals surface area contributed by atoms with Gasteiger partial charge in [-0.2, -0.15) is 0 Å². The van der Waals surface area contributed by atoms with Crippen LogP contribution in [-0.2, 0) is 21.1 Å². The van der Waals surface area contributed by atoms with E-state index in [0.717, 1.165) is 28.3 Å². The zero-order valence-corrected chi connectivity index (χ0v) is 18.9. The second-order valence-corrected chi connectivity index (χ2v) is 10.4. The molecule has 0 aromatic heterocycles. The highest BCUT2D eigenvalue weighted by molar-refractivity contribution is 7.91. The highest BCUT2D eigenvalue weighted by atomic mass is 32.2. The molecule has 2 saturated heterocycles. The number of hydrogen-bond donors (Lipinski definition) is 0. The number of nitrogens with zero attached hydrogens (tertiary/aromatic N) is 2. The fraction of sp³-hybridized carbons (Fsp3) is 0.435. The molecule has 2 aromatic rings. The third-order valence-electron chi connectivity index (χ3n) is 6.14. The van der Waals surface area contributed by atoms with Crippen molar-refractivity contribution in [2.24, 2.45) is 0 Å². The van der Waals surface area contributed by atoms with Gasteiger partial charge in [0.25, 0.3) is 0 Å². The average molecular weight is 445 g/mol. The Morgan fingerprint density at radius 2 is 1.81 bits per heavy atom. The molecule has 2 heterocycles. The van der Waals surface area contributed by atoms with Crippen molar-refractivity contribution in [3.05, 3.63) is 53.6 Å². The summed E-state index contributed by atoms with van der Waals surface area (Å²) in [7, 11) is 0.0110. The molecular formula is C23H28N2O5S. The van der Waals surface area contributed by atoms with Crippen LogP contribution in [0.4, 0.5) is 5.69 Å². The standard InChI is InChI=1S/C23H28N2O5S/c1-16-5-4-6-18(11-16)25-21-15-31(27,28)14-20(21)24(13-23(25)26)10-9-17-12-19(29-2)7-8-22(17)30-3/h4-8,11-12,20-21H,9-10,13-15H2,1-3H3/t20-,21+/m0/s1. The van der Waals surface area contributed by atoms with E-state index in [1.165, 1.54) is 0 Å². The summed E-state index contributed by atoms with van der Waals surface area (Å²) in [5.74, 6) is 1.49. The highest BCUT2D eigenvalue weighted by Gasteiger charge is 2.49. The van der Waals surface area contributed by atoms with Crippen LogP contribution in [0.5, 0.6) is 11.5 Å². The predicted molar refractivity (Wildman–Crippen MR) is 120 cm³/mol. The number of hydrogen-bond acceptors (Lipinski definition) is 6. The van der Waals surface area contributed by atoms with Crippen LogP contribution in [0.15, 0.2) is 42.5 Å². The van der Waals surface area contributed by atoms with E-state index in [1.807, 2.05) is 54.3 Å². The number of amides is 1. The van der Waals surface area contributed by atoms with Gasteiger partial charge in [-0.1, -0.05) is 12.1 Å². The van der Waals surface area contributed by atoms with E-state index in [2.05, 4.69) is 0 Å². The lowest BCUT2D eigenvalue weighted by atomic mass is 10.0. The van der Waals surface area contributed by atoms with Crippen LogP contribution in [0, 0.1) is 6.92 Å². The summed E-state index contributed by atoms with van der Waals surface area (Å²) in [6.07, 6.45) is 0.626. The number of benzene rings is 2. The van der Waals surface area contributed by atoms with Gasteiger partial charge in [0.2, 0.25) is 5.91 Å². The Hall–Kier alpha value is -2.58. The van der Waals surface area contributed by atoms with Crippen LogP contribution < -0.4 is 14.4 Å². The normalized spacial score (nSPS) is 22.9. The van der Waals surface area contributed by atoms with Gasteiger partial charge in [0.1, 0.15) is 11.5 Å². The van der Waals surface area contributed by atoms with Crippen molar-refractivity contribution in [2.45, 2.75) is 25.4 Å². The SMILES string of the molecule is COc1ccc(OC)c(CCN2CC(=O)N(c3cccc(C)c3)[C@@H]3CS(=O)(=O)C[C@@H]32)c1. The van der Waals surface area contributed by atoms with Gasteiger partial charge in [0, 0.05) is 18.3 Å². The molecule has 0 radical (unpaired) electrons. The molecule has 2 atom stereocenters. The first kappa shape index (κ1) is 21.6. The summed E-state index contributed by atoms with van der Waals surface area (Å²) < 4.78 is 35.9. The molecule has 0 aliphatic carbocycles. The monoisotopic (exact) mass is 444 g/mol. The fourth-order valence-electron chi connectivity index (χ4n) is 4.66. The van der Waals surface area contributed by atoms with Gasteiger partial charge in [-0.15, -0.1) is 0 Å². The van der Waals surface area contributed by atoms with Gasteiger partial charge in [-0.05, 0) is 54.8 Å². The number of carbonyl (C=O) groups is 1. The van der Waals surface area contributed by atoms with Gasteiger partial charge in [-0.3, -0.25) is 9.69 Å². The maximum absolute atomic E-state index is 13.1. The number of piperazine rings is 1. The summed E-state index contributed by atoms with van der Waals surface area (Å²) in [4.78, 5) is 16.9. The Morgan fingerprint density at radius 1 is 1.03 bits per heavy atom. The van der Waals surface area contributed by atoms with Crippen molar-refractivity contribution in [1.82, 2.24) is 4.90 Å². The number of methoxy groups -OCH3 is 2. The Bertz CT molecular complexity index is 1090. The third kappa shape index (κ3) is 4.41. The molecule has 7 nitrogen and oxygen atoms in total. The molecule has 2 aliphatic rings. The average Bonchev–Trinajstić information content (AvgIpc) is 3.06. The lowest BCUT2D eigenvalue weighted by molar-refractivity contribution is -0.123. The lowest BCUT2D eigenvalue weighted by Crippen LogP contribution is -2.62. The minimum Gasteiger partial charge on any atom is -0.497 e. The number of fused-ring (bicyclic) bond motifs is 1. The quantitative estimate of drug-likeness (QED) is 0.679. The number of anilines is 1. The number of sulfone groups is 1. The first-order valence-corrected chi connectivity index (χ1v) is 12.2. The molecule has 166 valence electrons. The molecule has 4 rings (SSSR count). The number of rotatable bonds is 6. The highest BCUT2D eigenvalue weighted by Crippen LogP contribution is 2.33. The van der Waals surface area contributed by atoms with Crippen LogP contribution in [0.1, 0.15) is 11.1 Å². The maximum Gasteiger partial charge on any atom is 0.241 e. The second kappa shape index (κ2) is 8.51. The second-order valence-electron chi connectivity index (χ2n) is 8.21. The molecule has 2 fully saturated rings. The van der Waals surface area contributed by atoms with Crippen molar-refractivity contribution in [2.75, 3.05) is 43.7 Å². The van der Waals surface area contributed by atoms with Crippen molar-refractivity contribution >= 4 is 21.4 Å². The molecule has 0 saturated carbocycles. The smallest absolute Gasteiger partial charge is 0.241 e. The summed E-state index contributed by atoms with van der Waals surface area (Å²) in [6, 6.07) is 12.7. The number of aryl methyl sites for hydroxylation is 1. The van der Waals surface area contributed by atoms with Crippen molar-refractivity contribution < 1.29 is 22.7 Å². The number of carbonyl (C=O) groups excluding carboxylic acids is 1. The van der Waals surface area contributed by atoms with Crippen LogP contribution in [0.25, 0.3) is 0 Å². The zero-order chi connectivity index (χ0) is 22.2. The molecule has 0 N–H and O–H groups in total. The Morgan fingerprint density at radius 3 is 2.52 bits per heavy atom. The van der Waals surface area contributed by atoms with Crippen LogP contribution in [0.3, 0.4) is 0 Å². The topological polar surface area (TPSA) is 76.2 Å². The molecule has 0 spiro atoms. The summed E-state index contributed by atoms with van der Waals surface area (Å²) >= 11 is 0. The van der Waals surface area contributed by atoms with Crippen LogP contribution in [0.2, 0.25) is 0 Å². The molecule has 31 heavy (non-hydrogen) atoms. The Labute approximate surface area is 183 Å². The minimum atomic E-state index is -3.22. The molecule has 2 aliphatic heterocycles. The van der Waals surface area contributed by atoms with E-state index < -0.39 is 9.84 Å². The van der Waals surface area contributed by atoms with Gasteiger partial charge < -0.3 is 14.4 Å². The third-order valence-corrected chi connectivity index (χ3v) is 7.84. The van der Waals surface area contributed by atoms with E-state index in [-0.39, 0.29) is 36.0 Å². The van der Waals surface area contributed by atoms with Gasteiger partial charge in [0.05, 0.1) is 38.3 Å². The van der Waals surface area contributed by atoms with Gasteiger partial charge in [-0.25, -0.2) is 8.42 Å². The van der Waals surface area contributed by atoms with E-state index in [1.54, 1.807) is 19.1 Å². The van der Waals surface area contributed by atoms with Crippen LogP contribution in [-0.4, -0.2) is 70.1 Å². The predicted octanol–water partition coefficient (Wildman–Crippen LogP) is 2.07. The summed E-state index contributed by atoms with van der Waals surface area (Å²) in [5, 5.41) is 0. The van der Waals surface area contributed by atoms with E-state index >= 15 is 0 Å². The zero-order valence-electron chi connectivity index (χ0n) is 18.1. The largest absolute Gasteiger partial charge is 0.497 e. The van der Waals surface area contributed by atoms with Gasteiger partial charge in [0.15, 0.2) is 9.84 Å². The molecular weight excluding hydrogens is 416 g/mol. The Balaban J connectivity index is 1.59. The Kier molecular flexibility index (Phi) is 5.94. The molecule has 0 unspecified atom stereocenters. The van der Waals surface area contributed by atoms with Crippen molar-refractivity contribution in [3.8, 4) is 11.5 Å². The fourth-order valence-corrected chi connectivity index (χ4v) is 6.64. The van der Waals surface area contributed by atoms with Gasteiger partial charge >= 0.3 is 0 Å². The number of ether oxygens (including phenoxy) is 2. The first-order chi connectivity index (χ1) is 14.8. The first-order valence-electron chi connectivity index (χ1n) is 10.4. The van der Waals surface area contributed by atoms with Crippen molar-refractivity contribution in [1.29, 1.82) is 0 Å². The molecule has 2 aromatic carbocycles. The summed E-state index contributed by atoms with van der Waals surface area (Å²) in [6.45, 7) is 2.72. The minimum absolute atomic E-state index is 0.00364. The lowest BCUT2D eigenvalue weighted by Gasteiger charge is -2.43. The van der Waals surface area contributed by atoms with E-state index in [0.29, 0.717) is 13.0 Å². The maximum atomic E-state index is 13.1. The van der Waals surface area contributed by atoms with E-state index in [9.17, 15) is 13.2 Å². The van der Waals surface area contributed by atoms with Crippen LogP contribution >= 0.6 is 0 Å². The molecule has 0 bridgehead atoms. The molecule has 1 amide bonds. The summed E-state index contributed by atoms with van der Waals surface area (Å²) in [5.41, 5.74) is 2.77.